The van der Waals surface area contributed by atoms with Gasteiger partial charge < -0.3 is 15.7 Å². The summed E-state index contributed by atoms with van der Waals surface area (Å²) in [6.45, 7) is 0. The van der Waals surface area contributed by atoms with Gasteiger partial charge in [-0.1, -0.05) is 11.2 Å². The summed E-state index contributed by atoms with van der Waals surface area (Å²) >= 11 is 3.22. The van der Waals surface area contributed by atoms with Gasteiger partial charge in [0.05, 0.1) is 9.40 Å². The molecule has 3 N–H and O–H groups in total. The normalized spacial score (nSPS) is 11.2. The quantitative estimate of drug-likeness (QED) is 0.288. The van der Waals surface area contributed by atoms with Crippen molar-refractivity contribution < 1.29 is 14.9 Å². The molecule has 8 heteroatoms. The highest BCUT2D eigenvalue weighted by molar-refractivity contribution is 9.10. The Morgan fingerprint density at radius 2 is 1.95 bits per heavy atom. The first kappa shape index (κ1) is 14.8. The third-order valence-corrected chi connectivity index (χ3v) is 3.25. The standard InChI is InChI=1S/C13H10BrN3O4/c14-10-2-1-3-11(17(19)20)12(10)21-9-6-4-8(5-7-9)13(15)16-18/h1-7,18H,(H2,15,16). The van der Waals surface area contributed by atoms with Gasteiger partial charge in [-0.05, 0) is 46.3 Å². The first-order valence-corrected chi connectivity index (χ1v) is 6.51. The van der Waals surface area contributed by atoms with Crippen molar-refractivity contribution in [1.82, 2.24) is 0 Å². The second kappa shape index (κ2) is 6.23. The summed E-state index contributed by atoms with van der Waals surface area (Å²) in [7, 11) is 0. The van der Waals surface area contributed by atoms with Crippen LogP contribution >= 0.6 is 15.9 Å². The summed E-state index contributed by atoms with van der Waals surface area (Å²) in [5, 5.41) is 22.4. The Morgan fingerprint density at radius 3 is 2.52 bits per heavy atom. The van der Waals surface area contributed by atoms with Crippen molar-refractivity contribution >= 4 is 27.5 Å². The molecule has 0 saturated carbocycles. The maximum atomic E-state index is 11.0. The molecule has 2 aromatic carbocycles. The maximum absolute atomic E-state index is 11.0. The Morgan fingerprint density at radius 1 is 1.29 bits per heavy atom. The van der Waals surface area contributed by atoms with Gasteiger partial charge in [-0.2, -0.15) is 0 Å². The van der Waals surface area contributed by atoms with Crippen LogP contribution in [0.1, 0.15) is 5.56 Å². The zero-order valence-corrected chi connectivity index (χ0v) is 12.1. The molecule has 0 aliphatic rings. The molecule has 0 aromatic heterocycles. The largest absolute Gasteiger partial charge is 0.449 e. The van der Waals surface area contributed by atoms with Gasteiger partial charge in [0.25, 0.3) is 0 Å². The number of para-hydroxylation sites is 1. The Bertz CT molecular complexity index is 701. The zero-order chi connectivity index (χ0) is 15.4. The van der Waals surface area contributed by atoms with Crippen LogP contribution in [0.2, 0.25) is 0 Å². The number of hydrogen-bond donors (Lipinski definition) is 2. The molecule has 0 atom stereocenters. The highest BCUT2D eigenvalue weighted by atomic mass is 79.9. The lowest BCUT2D eigenvalue weighted by molar-refractivity contribution is -0.385. The zero-order valence-electron chi connectivity index (χ0n) is 10.6. The number of benzene rings is 2. The van der Waals surface area contributed by atoms with Crippen LogP contribution in [0.4, 0.5) is 5.69 Å². The third kappa shape index (κ3) is 3.29. The van der Waals surface area contributed by atoms with Crippen molar-refractivity contribution in [2.75, 3.05) is 0 Å². The predicted molar refractivity (Wildman–Crippen MR) is 79.8 cm³/mol. The molecular weight excluding hydrogens is 342 g/mol. The molecule has 0 fully saturated rings. The van der Waals surface area contributed by atoms with Crippen LogP contribution < -0.4 is 10.5 Å². The molecule has 2 rings (SSSR count). The summed E-state index contributed by atoms with van der Waals surface area (Å²) in [6.07, 6.45) is 0. The number of oxime groups is 1. The van der Waals surface area contributed by atoms with Crippen LogP contribution in [0.25, 0.3) is 0 Å². The van der Waals surface area contributed by atoms with Crippen molar-refractivity contribution in [2.45, 2.75) is 0 Å². The van der Waals surface area contributed by atoms with Gasteiger partial charge in [0.1, 0.15) is 5.75 Å². The van der Waals surface area contributed by atoms with Crippen LogP contribution in [-0.4, -0.2) is 16.0 Å². The number of halogens is 1. The van der Waals surface area contributed by atoms with Gasteiger partial charge in [0, 0.05) is 11.6 Å². The number of rotatable bonds is 4. The fraction of sp³-hybridized carbons (Fsp3) is 0. The summed E-state index contributed by atoms with van der Waals surface area (Å²) in [6, 6.07) is 10.8. The lowest BCUT2D eigenvalue weighted by Crippen LogP contribution is -2.12. The topological polar surface area (TPSA) is 111 Å². The molecular formula is C13H10BrN3O4. The van der Waals surface area contributed by atoms with Crippen molar-refractivity contribution in [3.05, 3.63) is 62.6 Å². The number of nitrogens with zero attached hydrogens (tertiary/aromatic N) is 2. The average molecular weight is 352 g/mol. The molecule has 0 radical (unpaired) electrons. The molecule has 0 aliphatic carbocycles. The first-order valence-electron chi connectivity index (χ1n) is 5.71. The summed E-state index contributed by atoms with van der Waals surface area (Å²) in [5.74, 6) is 0.465. The molecule has 2 aromatic rings. The van der Waals surface area contributed by atoms with E-state index < -0.39 is 4.92 Å². The molecule has 0 aliphatic heterocycles. The van der Waals surface area contributed by atoms with E-state index >= 15 is 0 Å². The lowest BCUT2D eigenvalue weighted by Gasteiger charge is -2.08. The number of nitro benzene ring substituents is 1. The van der Waals surface area contributed by atoms with Gasteiger partial charge in [0.2, 0.25) is 5.75 Å². The van der Waals surface area contributed by atoms with Crippen LogP contribution in [0.3, 0.4) is 0 Å². The third-order valence-electron chi connectivity index (χ3n) is 2.62. The SMILES string of the molecule is N/C(=N/O)c1ccc(Oc2c(Br)cccc2[N+](=O)[O-])cc1. The van der Waals surface area contributed by atoms with Crippen molar-refractivity contribution in [3.8, 4) is 11.5 Å². The van der Waals surface area contributed by atoms with E-state index in [4.69, 9.17) is 15.7 Å². The Kier molecular flexibility index (Phi) is 4.39. The Labute approximate surface area is 127 Å². The number of amidine groups is 1. The molecule has 21 heavy (non-hydrogen) atoms. The lowest BCUT2D eigenvalue weighted by atomic mass is 10.2. The summed E-state index contributed by atoms with van der Waals surface area (Å²) < 4.78 is 6.01. The maximum Gasteiger partial charge on any atom is 0.312 e. The van der Waals surface area contributed by atoms with Gasteiger partial charge in [0.15, 0.2) is 5.84 Å². The Balaban J connectivity index is 2.33. The number of nitro groups is 1. The number of ether oxygens (including phenoxy) is 1. The fourth-order valence-corrected chi connectivity index (χ4v) is 2.05. The van der Waals surface area contributed by atoms with E-state index in [9.17, 15) is 10.1 Å². The van der Waals surface area contributed by atoms with E-state index in [0.29, 0.717) is 15.8 Å². The van der Waals surface area contributed by atoms with Crippen LogP contribution in [0.5, 0.6) is 11.5 Å². The van der Waals surface area contributed by atoms with Gasteiger partial charge in [-0.25, -0.2) is 0 Å². The smallest absolute Gasteiger partial charge is 0.312 e. The van der Waals surface area contributed by atoms with E-state index in [2.05, 4.69) is 21.1 Å². The predicted octanol–water partition coefficient (Wildman–Crippen LogP) is 3.24. The number of nitrogens with two attached hydrogens (primary N) is 1. The van der Waals surface area contributed by atoms with E-state index in [-0.39, 0.29) is 17.3 Å². The molecule has 0 heterocycles. The minimum Gasteiger partial charge on any atom is -0.449 e. The van der Waals surface area contributed by atoms with Crippen molar-refractivity contribution in [2.24, 2.45) is 10.9 Å². The minimum atomic E-state index is -0.523. The number of hydrogen-bond acceptors (Lipinski definition) is 5. The van der Waals surface area contributed by atoms with Crippen LogP contribution in [0.15, 0.2) is 52.1 Å². The highest BCUT2D eigenvalue weighted by Crippen LogP contribution is 2.37. The van der Waals surface area contributed by atoms with E-state index in [1.54, 1.807) is 36.4 Å². The average Bonchev–Trinajstić information content (AvgIpc) is 2.49. The summed E-state index contributed by atoms with van der Waals surface area (Å²) in [4.78, 5) is 10.5. The molecule has 0 bridgehead atoms. The highest BCUT2D eigenvalue weighted by Gasteiger charge is 2.18. The van der Waals surface area contributed by atoms with Crippen molar-refractivity contribution in [1.29, 1.82) is 0 Å². The summed E-state index contributed by atoms with van der Waals surface area (Å²) in [5.41, 5.74) is 5.80. The Hall–Kier alpha value is -2.61. The molecule has 7 nitrogen and oxygen atoms in total. The van der Waals surface area contributed by atoms with E-state index in [0.717, 1.165) is 0 Å². The second-order valence-electron chi connectivity index (χ2n) is 3.96. The van der Waals surface area contributed by atoms with Gasteiger partial charge >= 0.3 is 5.69 Å². The minimum absolute atomic E-state index is 0.0339. The van der Waals surface area contributed by atoms with Gasteiger partial charge in [-0.3, -0.25) is 10.1 Å². The molecule has 0 spiro atoms. The van der Waals surface area contributed by atoms with Gasteiger partial charge in [-0.15, -0.1) is 0 Å². The van der Waals surface area contributed by atoms with E-state index in [1.165, 1.54) is 6.07 Å². The fourth-order valence-electron chi connectivity index (χ4n) is 1.61. The molecule has 0 unspecified atom stereocenters. The van der Waals surface area contributed by atoms with Crippen LogP contribution in [-0.2, 0) is 0 Å². The van der Waals surface area contributed by atoms with Crippen LogP contribution in [0, 0.1) is 10.1 Å². The molecule has 0 saturated heterocycles. The van der Waals surface area contributed by atoms with E-state index in [1.807, 2.05) is 0 Å². The monoisotopic (exact) mass is 351 g/mol. The van der Waals surface area contributed by atoms with Crippen molar-refractivity contribution in [3.63, 3.8) is 0 Å². The molecule has 108 valence electrons. The molecule has 0 amide bonds. The first-order chi connectivity index (χ1) is 10.0. The second-order valence-corrected chi connectivity index (χ2v) is 4.81.